The smallest absolute Gasteiger partial charge is 0.104 e. The number of pyridine rings is 1. The molecule has 0 aliphatic carbocycles. The van der Waals surface area contributed by atoms with Crippen LogP contribution in [0.5, 0.6) is 0 Å². The van der Waals surface area contributed by atoms with Gasteiger partial charge in [0, 0.05) is 36.8 Å². The Hall–Kier alpha value is -1.13. The lowest BCUT2D eigenvalue weighted by Crippen LogP contribution is -2.43. The second-order valence-corrected chi connectivity index (χ2v) is 5.53. The minimum Gasteiger partial charge on any atom is -0.363 e. The molecule has 4 heteroatoms. The van der Waals surface area contributed by atoms with Crippen LogP contribution in [0.3, 0.4) is 0 Å². The Bertz CT molecular complexity index is 536. The lowest BCUT2D eigenvalue weighted by Gasteiger charge is -2.28. The van der Waals surface area contributed by atoms with Gasteiger partial charge in [-0.2, -0.15) is 0 Å². The fourth-order valence-corrected chi connectivity index (χ4v) is 3.82. The van der Waals surface area contributed by atoms with Gasteiger partial charge in [-0.05, 0) is 18.6 Å². The summed E-state index contributed by atoms with van der Waals surface area (Å²) in [5, 5.41) is 5.80. The van der Waals surface area contributed by atoms with Crippen LogP contribution in [-0.2, 0) is 0 Å². The third-order valence-corrected chi connectivity index (χ3v) is 4.60. The van der Waals surface area contributed by atoms with E-state index in [0.29, 0.717) is 12.1 Å². The van der Waals surface area contributed by atoms with Gasteiger partial charge in [0.15, 0.2) is 0 Å². The lowest BCUT2D eigenvalue weighted by molar-refractivity contribution is 0.581. The van der Waals surface area contributed by atoms with Gasteiger partial charge >= 0.3 is 0 Å². The van der Waals surface area contributed by atoms with Crippen molar-refractivity contribution in [3.63, 3.8) is 0 Å². The summed E-state index contributed by atoms with van der Waals surface area (Å²) in [6.45, 7) is 2.28. The van der Waals surface area contributed by atoms with Crippen LogP contribution in [0.4, 0.5) is 5.69 Å². The molecule has 2 aliphatic heterocycles. The summed E-state index contributed by atoms with van der Waals surface area (Å²) in [4.78, 5) is 7.05. The Morgan fingerprint density at radius 1 is 1.50 bits per heavy atom. The molecule has 16 heavy (non-hydrogen) atoms. The molecule has 2 fully saturated rings. The molecule has 0 radical (unpaired) electrons. The summed E-state index contributed by atoms with van der Waals surface area (Å²) >= 11 is 1.80. The van der Waals surface area contributed by atoms with E-state index in [0.717, 1.165) is 13.1 Å². The van der Waals surface area contributed by atoms with E-state index in [1.165, 1.54) is 22.3 Å². The van der Waals surface area contributed by atoms with Crippen LogP contribution in [0, 0.1) is 0 Å². The molecule has 2 atom stereocenters. The van der Waals surface area contributed by atoms with E-state index in [-0.39, 0.29) is 0 Å². The average Bonchev–Trinajstić information content (AvgIpc) is 3.03. The average molecular weight is 231 g/mol. The summed E-state index contributed by atoms with van der Waals surface area (Å²) in [7, 11) is 0. The molecule has 2 aromatic rings. The Labute approximate surface area is 98.1 Å². The maximum atomic E-state index is 4.52. The number of rotatable bonds is 1. The molecule has 0 saturated carbocycles. The molecule has 1 N–H and O–H groups in total. The highest BCUT2D eigenvalue weighted by Gasteiger charge is 2.38. The van der Waals surface area contributed by atoms with Gasteiger partial charge in [-0.1, -0.05) is 0 Å². The molecule has 4 heterocycles. The Balaban J connectivity index is 1.82. The van der Waals surface area contributed by atoms with Gasteiger partial charge in [0.05, 0.1) is 10.4 Å². The van der Waals surface area contributed by atoms with Crippen LogP contribution < -0.4 is 10.2 Å². The van der Waals surface area contributed by atoms with Crippen molar-refractivity contribution in [1.82, 2.24) is 10.3 Å². The maximum absolute atomic E-state index is 4.52. The first-order valence-corrected chi connectivity index (χ1v) is 6.62. The highest BCUT2D eigenvalue weighted by atomic mass is 32.1. The second-order valence-electron chi connectivity index (χ2n) is 4.62. The Morgan fingerprint density at radius 3 is 3.31 bits per heavy atom. The zero-order valence-corrected chi connectivity index (χ0v) is 9.70. The molecule has 0 unspecified atom stereocenters. The van der Waals surface area contributed by atoms with Crippen LogP contribution in [0.15, 0.2) is 23.7 Å². The third-order valence-electron chi connectivity index (χ3n) is 3.68. The number of nitrogens with one attached hydrogen (secondary N) is 1. The summed E-state index contributed by atoms with van der Waals surface area (Å²) in [5.41, 5.74) is 2.52. The van der Waals surface area contributed by atoms with Crippen LogP contribution in [0.25, 0.3) is 10.2 Å². The molecule has 2 saturated heterocycles. The number of fused-ring (bicyclic) bond motifs is 3. The predicted octanol–water partition coefficient (Wildman–Crippen LogP) is 1.85. The Morgan fingerprint density at radius 2 is 2.50 bits per heavy atom. The molecule has 0 spiro atoms. The van der Waals surface area contributed by atoms with Crippen LogP contribution >= 0.6 is 11.3 Å². The molecule has 82 valence electrons. The first-order chi connectivity index (χ1) is 7.92. The second kappa shape index (κ2) is 3.18. The van der Waals surface area contributed by atoms with Crippen molar-refractivity contribution < 1.29 is 0 Å². The predicted molar refractivity (Wildman–Crippen MR) is 67.2 cm³/mol. The summed E-state index contributed by atoms with van der Waals surface area (Å²) in [5.74, 6) is 0. The quantitative estimate of drug-likeness (QED) is 0.812. The van der Waals surface area contributed by atoms with E-state index >= 15 is 0 Å². The number of nitrogens with zero attached hydrogens (tertiary/aromatic N) is 2. The van der Waals surface area contributed by atoms with Crippen molar-refractivity contribution in [3.8, 4) is 0 Å². The van der Waals surface area contributed by atoms with E-state index < -0.39 is 0 Å². The van der Waals surface area contributed by atoms with Gasteiger partial charge in [-0.15, -0.1) is 11.3 Å². The number of hydrogen-bond acceptors (Lipinski definition) is 4. The summed E-state index contributed by atoms with van der Waals surface area (Å²) < 4.78 is 1.30. The van der Waals surface area contributed by atoms with Crippen molar-refractivity contribution in [2.75, 3.05) is 18.0 Å². The van der Waals surface area contributed by atoms with E-state index in [9.17, 15) is 0 Å². The molecule has 2 aromatic heterocycles. The van der Waals surface area contributed by atoms with Crippen molar-refractivity contribution in [3.05, 3.63) is 23.7 Å². The van der Waals surface area contributed by atoms with E-state index in [1.807, 2.05) is 12.3 Å². The number of piperazine rings is 1. The van der Waals surface area contributed by atoms with Gasteiger partial charge in [-0.3, -0.25) is 4.98 Å². The molecule has 3 nitrogen and oxygen atoms in total. The molecule has 0 amide bonds. The largest absolute Gasteiger partial charge is 0.363 e. The van der Waals surface area contributed by atoms with Crippen molar-refractivity contribution >= 4 is 27.2 Å². The van der Waals surface area contributed by atoms with Gasteiger partial charge in [0.2, 0.25) is 0 Å². The number of hydrogen-bond donors (Lipinski definition) is 1. The van der Waals surface area contributed by atoms with Crippen molar-refractivity contribution in [2.24, 2.45) is 0 Å². The molecule has 4 rings (SSSR count). The van der Waals surface area contributed by atoms with Crippen molar-refractivity contribution in [1.29, 1.82) is 0 Å². The molecular formula is C12H13N3S. The zero-order chi connectivity index (χ0) is 10.5. The minimum atomic E-state index is 0.685. The molecule has 0 aromatic carbocycles. The molecule has 2 aliphatic rings. The number of anilines is 1. The third kappa shape index (κ3) is 1.14. The zero-order valence-electron chi connectivity index (χ0n) is 8.89. The van der Waals surface area contributed by atoms with Gasteiger partial charge in [-0.25, -0.2) is 0 Å². The maximum Gasteiger partial charge on any atom is 0.104 e. The van der Waals surface area contributed by atoms with Crippen LogP contribution in [-0.4, -0.2) is 30.2 Å². The fraction of sp³-hybridized carbons (Fsp3) is 0.417. The highest BCUT2D eigenvalue weighted by molar-refractivity contribution is 7.17. The van der Waals surface area contributed by atoms with Crippen LogP contribution in [0.2, 0.25) is 0 Å². The van der Waals surface area contributed by atoms with Gasteiger partial charge in [0.1, 0.15) is 5.52 Å². The first-order valence-electron chi connectivity index (χ1n) is 5.74. The summed E-state index contributed by atoms with van der Waals surface area (Å²) in [6.07, 6.45) is 3.19. The lowest BCUT2D eigenvalue weighted by atomic mass is 10.2. The van der Waals surface area contributed by atoms with E-state index in [1.54, 1.807) is 11.3 Å². The minimum absolute atomic E-state index is 0.685. The first kappa shape index (κ1) is 8.96. The summed E-state index contributed by atoms with van der Waals surface area (Å²) in [6, 6.07) is 5.55. The Kier molecular flexibility index (Phi) is 1.78. The van der Waals surface area contributed by atoms with Gasteiger partial charge < -0.3 is 10.2 Å². The topological polar surface area (TPSA) is 28.2 Å². The van der Waals surface area contributed by atoms with Crippen molar-refractivity contribution in [2.45, 2.75) is 18.5 Å². The molecular weight excluding hydrogens is 218 g/mol. The highest BCUT2D eigenvalue weighted by Crippen LogP contribution is 2.36. The van der Waals surface area contributed by atoms with Gasteiger partial charge in [0.25, 0.3) is 0 Å². The molecule has 2 bridgehead atoms. The monoisotopic (exact) mass is 231 g/mol. The van der Waals surface area contributed by atoms with Crippen LogP contribution in [0.1, 0.15) is 6.42 Å². The number of aromatic nitrogens is 1. The number of thiophene rings is 1. The standard InChI is InChI=1S/C12H13N3S/c1-2-11-12(13-3-1)10(7-16-11)15-6-8-4-9(15)5-14-8/h1-3,7-9,14H,4-6H2/t8-,9-/m0/s1. The van der Waals surface area contributed by atoms with E-state index in [2.05, 4.69) is 26.6 Å². The normalized spacial score (nSPS) is 28.1. The SMILES string of the molecule is c1cnc2c(N3C[C@@H]4C[C@H]3CN4)csc2c1. The van der Waals surface area contributed by atoms with E-state index in [4.69, 9.17) is 0 Å². The fourth-order valence-electron chi connectivity index (χ4n) is 2.91.